The lowest BCUT2D eigenvalue weighted by atomic mass is 10.2. The van der Waals surface area contributed by atoms with Crippen LogP contribution in [0.25, 0.3) is 11.2 Å². The maximum absolute atomic E-state index is 5.36. The van der Waals surface area contributed by atoms with E-state index < -0.39 is 0 Å². The second kappa shape index (κ2) is 5.35. The molecule has 0 saturated carbocycles. The van der Waals surface area contributed by atoms with Crippen LogP contribution in [-0.2, 0) is 6.54 Å². The number of aryl methyl sites for hydroxylation is 2. The van der Waals surface area contributed by atoms with Crippen LogP contribution in [0.5, 0.6) is 5.75 Å². The molecule has 2 heterocycles. The van der Waals surface area contributed by atoms with Crippen molar-refractivity contribution in [1.82, 2.24) is 25.0 Å². The van der Waals surface area contributed by atoms with E-state index in [4.69, 9.17) is 4.74 Å². The average Bonchev–Trinajstić information content (AvgIpc) is 2.92. The fourth-order valence-electron chi connectivity index (χ4n) is 2.14. The molecule has 3 rings (SSSR count). The summed E-state index contributed by atoms with van der Waals surface area (Å²) in [6.45, 7) is 4.72. The van der Waals surface area contributed by atoms with Crippen molar-refractivity contribution < 1.29 is 4.74 Å². The number of rotatable bonds is 4. The number of hydrogen-bond donors (Lipinski definition) is 1. The van der Waals surface area contributed by atoms with Crippen LogP contribution in [0.15, 0.2) is 24.5 Å². The summed E-state index contributed by atoms with van der Waals surface area (Å²) in [5.74, 6) is 1.36. The van der Waals surface area contributed by atoms with E-state index in [1.807, 2.05) is 32.0 Å². The topological polar surface area (TPSA) is 77.8 Å². The molecule has 0 bridgehead atoms. The van der Waals surface area contributed by atoms with Gasteiger partial charge in [-0.2, -0.15) is 0 Å². The van der Waals surface area contributed by atoms with Gasteiger partial charge in [0, 0.05) is 6.54 Å². The van der Waals surface area contributed by atoms with Crippen molar-refractivity contribution in [1.29, 1.82) is 0 Å². The summed E-state index contributed by atoms with van der Waals surface area (Å²) in [6.07, 6.45) is 1.50. The zero-order chi connectivity index (χ0) is 14.8. The molecule has 0 amide bonds. The molecule has 0 radical (unpaired) electrons. The zero-order valence-electron chi connectivity index (χ0n) is 12.2. The van der Waals surface area contributed by atoms with E-state index in [0.29, 0.717) is 23.5 Å². The van der Waals surface area contributed by atoms with E-state index in [2.05, 4.69) is 25.6 Å². The van der Waals surface area contributed by atoms with Crippen molar-refractivity contribution in [3.8, 4) is 5.75 Å². The Kier molecular flexibility index (Phi) is 3.39. The van der Waals surface area contributed by atoms with Crippen LogP contribution in [-0.4, -0.2) is 32.1 Å². The van der Waals surface area contributed by atoms with Crippen LogP contribution in [0.4, 0.5) is 11.5 Å². The first-order valence-electron chi connectivity index (χ1n) is 6.68. The second-order valence-electron chi connectivity index (χ2n) is 4.63. The number of nitrogens with one attached hydrogen (secondary N) is 1. The predicted octanol–water partition coefficient (Wildman–Crippen LogP) is 2.30. The molecule has 2 aromatic heterocycles. The van der Waals surface area contributed by atoms with Crippen LogP contribution in [0.2, 0.25) is 0 Å². The van der Waals surface area contributed by atoms with Gasteiger partial charge in [-0.1, -0.05) is 11.3 Å². The Balaban J connectivity index is 2.06. The molecule has 0 atom stereocenters. The maximum Gasteiger partial charge on any atom is 0.183 e. The third-order valence-corrected chi connectivity index (χ3v) is 3.21. The molecule has 1 aromatic carbocycles. The normalized spacial score (nSPS) is 10.8. The Morgan fingerprint density at radius 2 is 2.14 bits per heavy atom. The standard InChI is InChI=1S/C14H16N6O/c1-4-20-14-12(18-19-20)13(15-8-16-14)17-10-7-9(2)5-6-11(10)21-3/h5-8H,4H2,1-3H3,(H,15,16,17). The zero-order valence-corrected chi connectivity index (χ0v) is 12.2. The molecule has 0 spiro atoms. The predicted molar refractivity (Wildman–Crippen MR) is 79.8 cm³/mol. The minimum Gasteiger partial charge on any atom is -0.495 e. The van der Waals surface area contributed by atoms with E-state index in [-0.39, 0.29) is 0 Å². The van der Waals surface area contributed by atoms with Gasteiger partial charge >= 0.3 is 0 Å². The number of ether oxygens (including phenoxy) is 1. The highest BCUT2D eigenvalue weighted by molar-refractivity contribution is 5.85. The molecule has 3 aromatic rings. The summed E-state index contributed by atoms with van der Waals surface area (Å²) >= 11 is 0. The lowest BCUT2D eigenvalue weighted by molar-refractivity contribution is 0.416. The molecule has 0 saturated heterocycles. The van der Waals surface area contributed by atoms with Gasteiger partial charge in [-0.15, -0.1) is 5.10 Å². The number of fused-ring (bicyclic) bond motifs is 1. The van der Waals surface area contributed by atoms with Crippen molar-refractivity contribution in [3.63, 3.8) is 0 Å². The van der Waals surface area contributed by atoms with Crippen molar-refractivity contribution >= 4 is 22.7 Å². The van der Waals surface area contributed by atoms with E-state index in [1.54, 1.807) is 11.8 Å². The van der Waals surface area contributed by atoms with Crippen molar-refractivity contribution in [2.24, 2.45) is 0 Å². The van der Waals surface area contributed by atoms with Crippen LogP contribution >= 0.6 is 0 Å². The first-order chi connectivity index (χ1) is 10.2. The van der Waals surface area contributed by atoms with E-state index in [1.165, 1.54) is 6.33 Å². The van der Waals surface area contributed by atoms with Gasteiger partial charge in [0.25, 0.3) is 0 Å². The van der Waals surface area contributed by atoms with Crippen molar-refractivity contribution in [2.45, 2.75) is 20.4 Å². The van der Waals surface area contributed by atoms with Gasteiger partial charge in [0.05, 0.1) is 12.8 Å². The highest BCUT2D eigenvalue weighted by atomic mass is 16.5. The fraction of sp³-hybridized carbons (Fsp3) is 0.286. The van der Waals surface area contributed by atoms with Crippen LogP contribution in [0.3, 0.4) is 0 Å². The first-order valence-corrected chi connectivity index (χ1v) is 6.68. The molecule has 21 heavy (non-hydrogen) atoms. The number of nitrogens with zero attached hydrogens (tertiary/aromatic N) is 5. The maximum atomic E-state index is 5.36. The SMILES string of the molecule is CCn1nnc2c(Nc3cc(C)ccc3OC)ncnc21. The Labute approximate surface area is 122 Å². The second-order valence-corrected chi connectivity index (χ2v) is 4.63. The van der Waals surface area contributed by atoms with E-state index in [9.17, 15) is 0 Å². The number of aromatic nitrogens is 5. The number of methoxy groups -OCH3 is 1. The molecule has 0 unspecified atom stereocenters. The third-order valence-electron chi connectivity index (χ3n) is 3.21. The third kappa shape index (κ3) is 2.37. The average molecular weight is 284 g/mol. The van der Waals surface area contributed by atoms with Gasteiger partial charge in [0.1, 0.15) is 12.1 Å². The van der Waals surface area contributed by atoms with Gasteiger partial charge in [-0.3, -0.25) is 0 Å². The fourth-order valence-corrected chi connectivity index (χ4v) is 2.14. The van der Waals surface area contributed by atoms with E-state index in [0.717, 1.165) is 17.0 Å². The molecule has 7 heteroatoms. The monoisotopic (exact) mass is 284 g/mol. The molecule has 0 fully saturated rings. The first kappa shape index (κ1) is 13.3. The van der Waals surface area contributed by atoms with Crippen LogP contribution < -0.4 is 10.1 Å². The highest BCUT2D eigenvalue weighted by Gasteiger charge is 2.12. The van der Waals surface area contributed by atoms with Crippen molar-refractivity contribution in [3.05, 3.63) is 30.1 Å². The minimum atomic E-state index is 0.614. The molecule has 108 valence electrons. The van der Waals surface area contributed by atoms with Gasteiger partial charge in [-0.05, 0) is 31.5 Å². The van der Waals surface area contributed by atoms with Crippen LogP contribution in [0.1, 0.15) is 12.5 Å². The summed E-state index contributed by atoms with van der Waals surface area (Å²) in [4.78, 5) is 8.49. The Bertz CT molecular complexity index is 782. The Morgan fingerprint density at radius 3 is 2.90 bits per heavy atom. The van der Waals surface area contributed by atoms with Gasteiger partial charge in [0.15, 0.2) is 17.0 Å². The van der Waals surface area contributed by atoms with Gasteiger partial charge in [0.2, 0.25) is 0 Å². The van der Waals surface area contributed by atoms with Gasteiger partial charge in [-0.25, -0.2) is 14.6 Å². The quantitative estimate of drug-likeness (QED) is 0.792. The molecular weight excluding hydrogens is 268 g/mol. The minimum absolute atomic E-state index is 0.614. The van der Waals surface area contributed by atoms with Gasteiger partial charge < -0.3 is 10.1 Å². The summed E-state index contributed by atoms with van der Waals surface area (Å²) in [7, 11) is 1.64. The van der Waals surface area contributed by atoms with Crippen LogP contribution in [0, 0.1) is 6.92 Å². The molecule has 0 aliphatic rings. The lowest BCUT2D eigenvalue weighted by Crippen LogP contribution is -2.00. The number of anilines is 2. The summed E-state index contributed by atoms with van der Waals surface area (Å²) in [6, 6.07) is 5.91. The van der Waals surface area contributed by atoms with E-state index >= 15 is 0 Å². The lowest BCUT2D eigenvalue weighted by Gasteiger charge is -2.11. The summed E-state index contributed by atoms with van der Waals surface area (Å²) in [5.41, 5.74) is 3.31. The highest BCUT2D eigenvalue weighted by Crippen LogP contribution is 2.29. The molecule has 7 nitrogen and oxygen atoms in total. The Hall–Kier alpha value is -2.70. The number of benzene rings is 1. The Morgan fingerprint density at radius 1 is 1.29 bits per heavy atom. The molecule has 0 aliphatic heterocycles. The summed E-state index contributed by atoms with van der Waals surface area (Å²) in [5, 5.41) is 11.5. The van der Waals surface area contributed by atoms with Crippen molar-refractivity contribution in [2.75, 3.05) is 12.4 Å². The largest absolute Gasteiger partial charge is 0.495 e. The molecule has 1 N–H and O–H groups in total. The summed E-state index contributed by atoms with van der Waals surface area (Å²) < 4.78 is 7.10. The smallest absolute Gasteiger partial charge is 0.183 e. The number of hydrogen-bond acceptors (Lipinski definition) is 6. The molecule has 0 aliphatic carbocycles. The molecular formula is C14H16N6O.